The SMILES string of the molecule is O=C1NCCC(O)C1C(=O)NCCC(F)(F)F. The predicted molar refractivity (Wildman–Crippen MR) is 50.8 cm³/mol. The first-order valence-corrected chi connectivity index (χ1v) is 5.11. The van der Waals surface area contributed by atoms with Crippen LogP contribution >= 0.6 is 0 Å². The molecule has 0 aromatic rings. The number of aliphatic hydroxyl groups is 1. The van der Waals surface area contributed by atoms with Crippen molar-refractivity contribution in [2.24, 2.45) is 5.92 Å². The summed E-state index contributed by atoms with van der Waals surface area (Å²) in [6, 6.07) is 0. The van der Waals surface area contributed by atoms with E-state index in [1.54, 1.807) is 0 Å². The highest BCUT2D eigenvalue weighted by molar-refractivity contribution is 6.01. The fraction of sp³-hybridized carbons (Fsp3) is 0.778. The van der Waals surface area contributed by atoms with Crippen LogP contribution in [0.15, 0.2) is 0 Å². The lowest BCUT2D eigenvalue weighted by molar-refractivity contribution is -0.144. The molecular formula is C9H13F3N2O3. The van der Waals surface area contributed by atoms with Crippen LogP contribution in [0, 0.1) is 5.92 Å². The van der Waals surface area contributed by atoms with Crippen LogP contribution in [0.1, 0.15) is 12.8 Å². The summed E-state index contributed by atoms with van der Waals surface area (Å²) < 4.78 is 35.5. The maximum atomic E-state index is 11.8. The molecule has 1 rings (SSSR count). The average molecular weight is 254 g/mol. The first-order chi connectivity index (χ1) is 7.81. The topological polar surface area (TPSA) is 78.4 Å². The summed E-state index contributed by atoms with van der Waals surface area (Å²) in [5.74, 6) is -2.86. The van der Waals surface area contributed by atoms with Gasteiger partial charge in [-0.25, -0.2) is 0 Å². The van der Waals surface area contributed by atoms with Gasteiger partial charge in [0.15, 0.2) is 0 Å². The number of nitrogens with one attached hydrogen (secondary N) is 2. The number of carbonyl (C=O) groups is 2. The van der Waals surface area contributed by atoms with Gasteiger partial charge in [0.25, 0.3) is 0 Å². The Kier molecular flexibility index (Phi) is 4.33. The Morgan fingerprint density at radius 3 is 2.71 bits per heavy atom. The van der Waals surface area contributed by atoms with E-state index in [1.165, 1.54) is 0 Å². The largest absolute Gasteiger partial charge is 0.392 e. The summed E-state index contributed by atoms with van der Waals surface area (Å²) in [6.07, 6.45) is -6.46. The Labute approximate surface area is 95.4 Å². The van der Waals surface area contributed by atoms with E-state index in [0.717, 1.165) is 0 Å². The van der Waals surface area contributed by atoms with Crippen molar-refractivity contribution in [3.8, 4) is 0 Å². The Hall–Kier alpha value is -1.31. The Balaban J connectivity index is 2.43. The van der Waals surface area contributed by atoms with Crippen molar-refractivity contribution in [2.45, 2.75) is 25.1 Å². The Morgan fingerprint density at radius 2 is 2.18 bits per heavy atom. The molecule has 0 spiro atoms. The lowest BCUT2D eigenvalue weighted by Gasteiger charge is -2.26. The van der Waals surface area contributed by atoms with E-state index >= 15 is 0 Å². The van der Waals surface area contributed by atoms with Crippen LogP contribution in [0.4, 0.5) is 13.2 Å². The number of hydrogen-bond donors (Lipinski definition) is 3. The number of halogens is 3. The van der Waals surface area contributed by atoms with Gasteiger partial charge in [0, 0.05) is 13.1 Å². The summed E-state index contributed by atoms with van der Waals surface area (Å²) in [7, 11) is 0. The second-order valence-corrected chi connectivity index (χ2v) is 3.78. The average Bonchev–Trinajstić information content (AvgIpc) is 2.15. The summed E-state index contributed by atoms with van der Waals surface area (Å²) >= 11 is 0. The predicted octanol–water partition coefficient (Wildman–Crippen LogP) is -0.448. The highest BCUT2D eigenvalue weighted by atomic mass is 19.4. The normalized spacial score (nSPS) is 25.3. The molecule has 8 heteroatoms. The zero-order valence-corrected chi connectivity index (χ0v) is 8.88. The summed E-state index contributed by atoms with van der Waals surface area (Å²) in [5.41, 5.74) is 0. The molecule has 1 saturated heterocycles. The first-order valence-electron chi connectivity index (χ1n) is 5.11. The highest BCUT2D eigenvalue weighted by Crippen LogP contribution is 2.18. The quantitative estimate of drug-likeness (QED) is 0.597. The molecule has 0 aromatic carbocycles. The van der Waals surface area contributed by atoms with E-state index in [1.807, 2.05) is 5.32 Å². The minimum atomic E-state index is -4.36. The van der Waals surface area contributed by atoms with E-state index in [-0.39, 0.29) is 13.0 Å². The molecule has 2 atom stereocenters. The molecule has 2 unspecified atom stereocenters. The molecule has 1 aliphatic heterocycles. The highest BCUT2D eigenvalue weighted by Gasteiger charge is 2.37. The van der Waals surface area contributed by atoms with Gasteiger partial charge < -0.3 is 15.7 Å². The molecule has 0 bridgehead atoms. The van der Waals surface area contributed by atoms with Crippen LogP contribution in [0.25, 0.3) is 0 Å². The smallest absolute Gasteiger partial charge is 0.390 e. The van der Waals surface area contributed by atoms with Crippen molar-refractivity contribution in [3.05, 3.63) is 0 Å². The minimum absolute atomic E-state index is 0.211. The molecule has 0 saturated carbocycles. The molecule has 98 valence electrons. The molecule has 5 nitrogen and oxygen atoms in total. The Morgan fingerprint density at radius 1 is 1.53 bits per heavy atom. The van der Waals surface area contributed by atoms with Gasteiger partial charge in [-0.05, 0) is 6.42 Å². The maximum Gasteiger partial charge on any atom is 0.390 e. The van der Waals surface area contributed by atoms with Crippen LogP contribution < -0.4 is 10.6 Å². The van der Waals surface area contributed by atoms with Gasteiger partial charge >= 0.3 is 6.18 Å². The van der Waals surface area contributed by atoms with Crippen molar-refractivity contribution in [3.63, 3.8) is 0 Å². The van der Waals surface area contributed by atoms with Crippen LogP contribution in [0.3, 0.4) is 0 Å². The van der Waals surface area contributed by atoms with Crippen molar-refractivity contribution >= 4 is 11.8 Å². The lowest BCUT2D eigenvalue weighted by atomic mass is 9.94. The maximum absolute atomic E-state index is 11.8. The molecule has 0 radical (unpaired) electrons. The van der Waals surface area contributed by atoms with Crippen LogP contribution in [0.2, 0.25) is 0 Å². The third-order valence-corrected chi connectivity index (χ3v) is 2.40. The number of rotatable bonds is 3. The lowest BCUT2D eigenvalue weighted by Crippen LogP contribution is -2.52. The standard InChI is InChI=1S/C9H13F3N2O3/c10-9(11,12)2-4-14-8(17)6-5(15)1-3-13-7(6)16/h5-6,15H,1-4H2,(H,13,16)(H,14,17). The van der Waals surface area contributed by atoms with E-state index in [0.29, 0.717) is 0 Å². The molecule has 17 heavy (non-hydrogen) atoms. The number of aliphatic hydroxyl groups excluding tert-OH is 1. The van der Waals surface area contributed by atoms with Crippen molar-refractivity contribution in [2.75, 3.05) is 13.1 Å². The second kappa shape index (κ2) is 5.35. The molecule has 0 aliphatic carbocycles. The van der Waals surface area contributed by atoms with E-state index < -0.39 is 43.0 Å². The molecule has 0 aromatic heterocycles. The number of alkyl halides is 3. The summed E-state index contributed by atoms with van der Waals surface area (Å²) in [4.78, 5) is 22.7. The van der Waals surface area contributed by atoms with Crippen LogP contribution in [0.5, 0.6) is 0 Å². The molecule has 1 heterocycles. The monoisotopic (exact) mass is 254 g/mol. The van der Waals surface area contributed by atoms with Gasteiger partial charge in [-0.15, -0.1) is 0 Å². The van der Waals surface area contributed by atoms with Crippen LogP contribution in [-0.4, -0.2) is 42.3 Å². The third kappa shape index (κ3) is 4.22. The number of hydrogen-bond acceptors (Lipinski definition) is 3. The zero-order chi connectivity index (χ0) is 13.1. The van der Waals surface area contributed by atoms with Gasteiger partial charge in [0.2, 0.25) is 11.8 Å². The third-order valence-electron chi connectivity index (χ3n) is 2.40. The molecule has 3 N–H and O–H groups in total. The molecular weight excluding hydrogens is 241 g/mol. The van der Waals surface area contributed by atoms with E-state index in [2.05, 4.69) is 5.32 Å². The number of piperidine rings is 1. The van der Waals surface area contributed by atoms with E-state index in [9.17, 15) is 27.9 Å². The van der Waals surface area contributed by atoms with Crippen molar-refractivity contribution in [1.82, 2.24) is 10.6 Å². The van der Waals surface area contributed by atoms with Gasteiger partial charge in [-0.2, -0.15) is 13.2 Å². The van der Waals surface area contributed by atoms with Gasteiger partial charge in [0.1, 0.15) is 5.92 Å². The van der Waals surface area contributed by atoms with Crippen molar-refractivity contribution in [1.29, 1.82) is 0 Å². The fourth-order valence-electron chi connectivity index (χ4n) is 1.53. The summed E-state index contributed by atoms with van der Waals surface area (Å²) in [6.45, 7) is -0.342. The number of amides is 2. The van der Waals surface area contributed by atoms with E-state index in [4.69, 9.17) is 0 Å². The molecule has 1 aliphatic rings. The second-order valence-electron chi connectivity index (χ2n) is 3.78. The van der Waals surface area contributed by atoms with Crippen LogP contribution in [-0.2, 0) is 9.59 Å². The van der Waals surface area contributed by atoms with Gasteiger partial charge in [-0.3, -0.25) is 9.59 Å². The first kappa shape index (κ1) is 13.8. The fourth-order valence-corrected chi connectivity index (χ4v) is 1.53. The van der Waals surface area contributed by atoms with Gasteiger partial charge in [0.05, 0.1) is 12.5 Å². The summed E-state index contributed by atoms with van der Waals surface area (Å²) in [5, 5.41) is 13.8. The number of carbonyl (C=O) groups excluding carboxylic acids is 2. The molecule has 1 fully saturated rings. The zero-order valence-electron chi connectivity index (χ0n) is 8.88. The minimum Gasteiger partial charge on any atom is -0.392 e. The molecule has 2 amide bonds. The van der Waals surface area contributed by atoms with Gasteiger partial charge in [-0.1, -0.05) is 0 Å². The van der Waals surface area contributed by atoms with Crippen molar-refractivity contribution < 1.29 is 27.9 Å². The Bertz CT molecular complexity index is 306.